The van der Waals surface area contributed by atoms with Crippen molar-refractivity contribution in [3.63, 3.8) is 0 Å². The average Bonchev–Trinajstić information content (AvgIpc) is 3.59. The molecule has 0 radical (unpaired) electrons. The van der Waals surface area contributed by atoms with Crippen LogP contribution < -0.4 is 4.74 Å². The lowest BCUT2D eigenvalue weighted by molar-refractivity contribution is 0.0692. The van der Waals surface area contributed by atoms with Crippen LogP contribution in [-0.4, -0.2) is 43.7 Å². The van der Waals surface area contributed by atoms with Crippen molar-refractivity contribution >= 4 is 28.4 Å². The number of ether oxygens (including phenoxy) is 1. The van der Waals surface area contributed by atoms with E-state index in [4.69, 9.17) is 16.3 Å². The largest absolute Gasteiger partial charge is 0.494 e. The number of benzene rings is 3. The molecule has 1 atom stereocenters. The highest BCUT2D eigenvalue weighted by Gasteiger charge is 2.35. The van der Waals surface area contributed by atoms with E-state index in [9.17, 15) is 4.79 Å². The van der Waals surface area contributed by atoms with Crippen LogP contribution in [0.2, 0.25) is 5.02 Å². The van der Waals surface area contributed by atoms with Gasteiger partial charge in [0.15, 0.2) is 0 Å². The summed E-state index contributed by atoms with van der Waals surface area (Å²) in [5.74, 6) is 0.814. The SMILES string of the molecule is Cc1ccc(C(=O)N2CCc3c([nH]c4ccc(Cl)cc34)C2c2ccc(OCCCn3cncn3)cc2)cc1. The van der Waals surface area contributed by atoms with Crippen molar-refractivity contribution in [3.8, 4) is 5.75 Å². The molecule has 3 aromatic carbocycles. The van der Waals surface area contributed by atoms with E-state index in [0.29, 0.717) is 23.7 Å². The molecule has 3 heterocycles. The minimum absolute atomic E-state index is 0.0192. The van der Waals surface area contributed by atoms with Gasteiger partial charge in [-0.25, -0.2) is 4.98 Å². The number of aromatic amines is 1. The van der Waals surface area contributed by atoms with E-state index in [1.54, 1.807) is 11.0 Å². The number of aryl methyl sites for hydroxylation is 2. The van der Waals surface area contributed by atoms with Crippen molar-refractivity contribution in [1.82, 2.24) is 24.6 Å². The lowest BCUT2D eigenvalue weighted by atomic mass is 9.91. The summed E-state index contributed by atoms with van der Waals surface area (Å²) in [7, 11) is 0. The first kappa shape index (κ1) is 24.2. The standard InChI is InChI=1S/C30H28ClN5O2/c1-20-3-5-22(6-4-20)30(37)36-15-13-25-26-17-23(31)9-12-27(26)34-28(25)29(36)21-7-10-24(11-8-21)38-16-2-14-35-19-32-18-33-35/h3-12,17-19,29,34H,2,13-16H2,1H3. The van der Waals surface area contributed by atoms with E-state index in [2.05, 4.69) is 27.2 Å². The molecule has 0 bridgehead atoms. The second-order valence-corrected chi connectivity index (χ2v) is 10.1. The van der Waals surface area contributed by atoms with Crippen molar-refractivity contribution < 1.29 is 9.53 Å². The Morgan fingerprint density at radius 1 is 1.11 bits per heavy atom. The lowest BCUT2D eigenvalue weighted by Gasteiger charge is -2.36. The van der Waals surface area contributed by atoms with Gasteiger partial charge in [0.05, 0.1) is 12.6 Å². The third kappa shape index (κ3) is 4.77. The number of nitrogens with one attached hydrogen (secondary N) is 1. The minimum atomic E-state index is -0.250. The van der Waals surface area contributed by atoms with Gasteiger partial charge < -0.3 is 14.6 Å². The Morgan fingerprint density at radius 3 is 2.68 bits per heavy atom. The second kappa shape index (κ2) is 10.3. The Kier molecular flexibility index (Phi) is 6.60. The molecule has 1 unspecified atom stereocenters. The van der Waals surface area contributed by atoms with Crippen LogP contribution in [0.25, 0.3) is 10.9 Å². The molecule has 38 heavy (non-hydrogen) atoms. The van der Waals surface area contributed by atoms with Crippen LogP contribution in [0.15, 0.2) is 79.4 Å². The van der Waals surface area contributed by atoms with Crippen molar-refractivity contribution in [3.05, 3.63) is 112 Å². The van der Waals surface area contributed by atoms with Crippen molar-refractivity contribution in [2.45, 2.75) is 32.4 Å². The lowest BCUT2D eigenvalue weighted by Crippen LogP contribution is -2.40. The van der Waals surface area contributed by atoms with E-state index < -0.39 is 0 Å². The number of hydrogen-bond acceptors (Lipinski definition) is 4. The molecule has 0 spiro atoms. The highest BCUT2D eigenvalue weighted by molar-refractivity contribution is 6.31. The van der Waals surface area contributed by atoms with Gasteiger partial charge >= 0.3 is 0 Å². The van der Waals surface area contributed by atoms with Gasteiger partial charge in [0, 0.05) is 46.7 Å². The Bertz CT molecular complexity index is 1560. The molecule has 1 aliphatic heterocycles. The predicted molar refractivity (Wildman–Crippen MR) is 148 cm³/mol. The molecular weight excluding hydrogens is 498 g/mol. The molecule has 8 heteroatoms. The van der Waals surface area contributed by atoms with Gasteiger partial charge in [0.2, 0.25) is 0 Å². The molecule has 0 saturated carbocycles. The molecule has 7 nitrogen and oxygen atoms in total. The average molecular weight is 526 g/mol. The zero-order valence-corrected chi connectivity index (χ0v) is 21.9. The van der Waals surface area contributed by atoms with Gasteiger partial charge in [-0.15, -0.1) is 0 Å². The molecule has 1 amide bonds. The van der Waals surface area contributed by atoms with Crippen molar-refractivity contribution in [1.29, 1.82) is 0 Å². The van der Waals surface area contributed by atoms with Gasteiger partial charge in [-0.3, -0.25) is 9.48 Å². The van der Waals surface area contributed by atoms with E-state index >= 15 is 0 Å². The number of hydrogen-bond donors (Lipinski definition) is 1. The Hall–Kier alpha value is -4.10. The first-order valence-electron chi connectivity index (χ1n) is 12.8. The fourth-order valence-corrected chi connectivity index (χ4v) is 5.37. The summed E-state index contributed by atoms with van der Waals surface area (Å²) in [5.41, 5.74) is 6.13. The fourth-order valence-electron chi connectivity index (χ4n) is 5.20. The quantitative estimate of drug-likeness (QED) is 0.265. The van der Waals surface area contributed by atoms with E-state index in [-0.39, 0.29) is 11.9 Å². The monoisotopic (exact) mass is 525 g/mol. The molecule has 0 fully saturated rings. The van der Waals surface area contributed by atoms with Crippen molar-refractivity contribution in [2.24, 2.45) is 0 Å². The van der Waals surface area contributed by atoms with Gasteiger partial charge in [-0.1, -0.05) is 41.4 Å². The van der Waals surface area contributed by atoms with Crippen LogP contribution in [0.3, 0.4) is 0 Å². The molecule has 0 saturated heterocycles. The smallest absolute Gasteiger partial charge is 0.254 e. The number of nitrogens with zero attached hydrogens (tertiary/aromatic N) is 4. The number of fused-ring (bicyclic) bond motifs is 3. The molecule has 2 aromatic heterocycles. The first-order valence-corrected chi connectivity index (χ1v) is 13.2. The van der Waals surface area contributed by atoms with Crippen LogP contribution in [0.1, 0.15) is 45.2 Å². The minimum Gasteiger partial charge on any atom is -0.494 e. The number of carbonyl (C=O) groups is 1. The maximum absolute atomic E-state index is 13.8. The van der Waals surface area contributed by atoms with Crippen LogP contribution in [0, 0.1) is 6.92 Å². The number of rotatable bonds is 7. The van der Waals surface area contributed by atoms with Gasteiger partial charge in [0.25, 0.3) is 5.91 Å². The van der Waals surface area contributed by atoms with Gasteiger partial charge in [-0.05, 0) is 66.9 Å². The summed E-state index contributed by atoms with van der Waals surface area (Å²) in [6, 6.07) is 21.5. The summed E-state index contributed by atoms with van der Waals surface area (Å²) in [5, 5.41) is 5.94. The third-order valence-electron chi connectivity index (χ3n) is 7.11. The number of H-pyrrole nitrogens is 1. The Balaban J connectivity index is 1.29. The maximum atomic E-state index is 13.8. The number of aromatic nitrogens is 4. The van der Waals surface area contributed by atoms with Crippen LogP contribution >= 0.6 is 11.6 Å². The number of halogens is 1. The molecule has 192 valence electrons. The molecule has 1 aliphatic rings. The molecule has 6 rings (SSSR count). The van der Waals surface area contributed by atoms with Crippen LogP contribution in [0.4, 0.5) is 0 Å². The normalized spacial score (nSPS) is 15.0. The first-order chi connectivity index (χ1) is 18.6. The maximum Gasteiger partial charge on any atom is 0.254 e. The highest BCUT2D eigenvalue weighted by Crippen LogP contribution is 2.40. The van der Waals surface area contributed by atoms with Crippen LogP contribution in [0.5, 0.6) is 5.75 Å². The molecule has 1 N–H and O–H groups in total. The zero-order chi connectivity index (χ0) is 26.1. The van der Waals surface area contributed by atoms with Crippen LogP contribution in [-0.2, 0) is 13.0 Å². The summed E-state index contributed by atoms with van der Waals surface area (Å²) in [6.07, 6.45) is 4.82. The van der Waals surface area contributed by atoms with Gasteiger partial charge in [0.1, 0.15) is 18.4 Å². The fraction of sp³-hybridized carbons (Fsp3) is 0.233. The molecule has 5 aromatic rings. The molecule has 0 aliphatic carbocycles. The second-order valence-electron chi connectivity index (χ2n) is 9.65. The highest BCUT2D eigenvalue weighted by atomic mass is 35.5. The van der Waals surface area contributed by atoms with E-state index in [0.717, 1.165) is 52.9 Å². The Labute approximate surface area is 226 Å². The zero-order valence-electron chi connectivity index (χ0n) is 21.1. The third-order valence-corrected chi connectivity index (χ3v) is 7.35. The summed E-state index contributed by atoms with van der Waals surface area (Å²) < 4.78 is 7.76. The Morgan fingerprint density at radius 2 is 1.92 bits per heavy atom. The van der Waals surface area contributed by atoms with E-state index in [1.807, 2.05) is 66.4 Å². The van der Waals surface area contributed by atoms with E-state index in [1.165, 1.54) is 11.9 Å². The summed E-state index contributed by atoms with van der Waals surface area (Å²) >= 11 is 6.34. The summed E-state index contributed by atoms with van der Waals surface area (Å²) in [6.45, 7) is 3.97. The number of amides is 1. The summed E-state index contributed by atoms with van der Waals surface area (Å²) in [4.78, 5) is 23.3. The number of carbonyl (C=O) groups excluding carboxylic acids is 1. The van der Waals surface area contributed by atoms with Gasteiger partial charge in [-0.2, -0.15) is 5.10 Å². The topological polar surface area (TPSA) is 76.0 Å². The van der Waals surface area contributed by atoms with Crippen molar-refractivity contribution in [2.75, 3.05) is 13.2 Å². The molecular formula is C30H28ClN5O2. The predicted octanol–water partition coefficient (Wildman–Crippen LogP) is 5.98.